The summed E-state index contributed by atoms with van der Waals surface area (Å²) in [5.41, 5.74) is 1.68. The lowest BCUT2D eigenvalue weighted by Crippen LogP contribution is -2.44. The van der Waals surface area contributed by atoms with Crippen molar-refractivity contribution in [2.45, 2.75) is 44.6 Å². The Balaban J connectivity index is 1.91. The van der Waals surface area contributed by atoms with Gasteiger partial charge < -0.3 is 14.8 Å². The van der Waals surface area contributed by atoms with Crippen LogP contribution in [0.2, 0.25) is 0 Å². The van der Waals surface area contributed by atoms with Gasteiger partial charge in [0.05, 0.1) is 5.60 Å². The first kappa shape index (κ1) is 14.0. The van der Waals surface area contributed by atoms with Crippen LogP contribution in [0.4, 0.5) is 0 Å². The van der Waals surface area contributed by atoms with E-state index >= 15 is 0 Å². The molecule has 0 aromatic heterocycles. The minimum atomic E-state index is 0.124. The SMILES string of the molecule is CNCCC=C(C)C1CCOC2(CCOCC2)C1. The smallest absolute Gasteiger partial charge is 0.0732 e. The molecule has 2 saturated heterocycles. The summed E-state index contributed by atoms with van der Waals surface area (Å²) < 4.78 is 11.6. The van der Waals surface area contributed by atoms with E-state index in [1.807, 2.05) is 7.05 Å². The average Bonchev–Trinajstić information content (AvgIpc) is 2.40. The van der Waals surface area contributed by atoms with Gasteiger partial charge in [0, 0.05) is 19.8 Å². The van der Waals surface area contributed by atoms with E-state index in [4.69, 9.17) is 9.47 Å². The quantitative estimate of drug-likeness (QED) is 0.617. The molecule has 0 radical (unpaired) electrons. The van der Waals surface area contributed by atoms with Gasteiger partial charge in [-0.05, 0) is 58.5 Å². The molecule has 2 aliphatic heterocycles. The van der Waals surface area contributed by atoms with Gasteiger partial charge in [0.1, 0.15) is 0 Å². The third-order valence-corrected chi connectivity index (χ3v) is 4.40. The molecule has 1 spiro atoms. The lowest BCUT2D eigenvalue weighted by atomic mass is 9.78. The molecule has 2 aliphatic rings. The predicted molar refractivity (Wildman–Crippen MR) is 73.8 cm³/mol. The molecular formula is C15H27NO2. The second-order valence-electron chi connectivity index (χ2n) is 5.67. The van der Waals surface area contributed by atoms with Crippen molar-refractivity contribution in [1.82, 2.24) is 5.32 Å². The predicted octanol–water partition coefficient (Wildman–Crippen LogP) is 2.52. The summed E-state index contributed by atoms with van der Waals surface area (Å²) >= 11 is 0. The second-order valence-corrected chi connectivity index (χ2v) is 5.67. The highest BCUT2D eigenvalue weighted by atomic mass is 16.5. The molecule has 2 heterocycles. The Morgan fingerprint density at radius 3 is 2.83 bits per heavy atom. The largest absolute Gasteiger partial charge is 0.381 e. The highest BCUT2D eigenvalue weighted by Crippen LogP contribution is 2.39. The topological polar surface area (TPSA) is 30.5 Å². The third kappa shape index (κ3) is 3.56. The highest BCUT2D eigenvalue weighted by Gasteiger charge is 2.39. The first-order valence-corrected chi connectivity index (χ1v) is 7.29. The minimum absolute atomic E-state index is 0.124. The molecule has 0 aromatic carbocycles. The van der Waals surface area contributed by atoms with Crippen LogP contribution in [0, 0.1) is 5.92 Å². The molecule has 0 amide bonds. The maximum atomic E-state index is 6.09. The van der Waals surface area contributed by atoms with Crippen LogP contribution in [0.3, 0.4) is 0 Å². The summed E-state index contributed by atoms with van der Waals surface area (Å²) in [6.45, 7) is 6.02. The van der Waals surface area contributed by atoms with Gasteiger partial charge in [0.25, 0.3) is 0 Å². The Kier molecular flexibility index (Phi) is 5.22. The Hall–Kier alpha value is -0.380. The van der Waals surface area contributed by atoms with Crippen molar-refractivity contribution in [2.24, 2.45) is 5.92 Å². The zero-order chi connectivity index (χ0) is 12.8. The number of hydrogen-bond acceptors (Lipinski definition) is 3. The lowest BCUT2D eigenvalue weighted by molar-refractivity contribution is -0.143. The zero-order valence-electron chi connectivity index (χ0n) is 11.8. The molecule has 0 aliphatic carbocycles. The van der Waals surface area contributed by atoms with Gasteiger partial charge in [-0.15, -0.1) is 0 Å². The first-order valence-electron chi connectivity index (χ1n) is 7.29. The molecule has 104 valence electrons. The Bertz CT molecular complexity index is 277. The Labute approximate surface area is 111 Å². The normalized spacial score (nSPS) is 28.6. The molecule has 3 heteroatoms. The standard InChI is InChI=1S/C15H27NO2/c1-13(4-3-8-16-2)14-5-9-18-15(12-14)6-10-17-11-7-15/h4,14,16H,3,5-12H2,1-2H3. The van der Waals surface area contributed by atoms with Crippen molar-refractivity contribution < 1.29 is 9.47 Å². The summed E-state index contributed by atoms with van der Waals surface area (Å²) in [6, 6.07) is 0. The maximum Gasteiger partial charge on any atom is 0.0732 e. The van der Waals surface area contributed by atoms with E-state index in [1.54, 1.807) is 5.57 Å². The van der Waals surface area contributed by atoms with Crippen molar-refractivity contribution in [3.63, 3.8) is 0 Å². The monoisotopic (exact) mass is 253 g/mol. The van der Waals surface area contributed by atoms with Crippen molar-refractivity contribution in [2.75, 3.05) is 33.4 Å². The molecule has 0 bridgehead atoms. The lowest BCUT2D eigenvalue weighted by Gasteiger charge is -2.43. The van der Waals surface area contributed by atoms with Gasteiger partial charge in [-0.3, -0.25) is 0 Å². The van der Waals surface area contributed by atoms with E-state index < -0.39 is 0 Å². The second kappa shape index (κ2) is 6.69. The van der Waals surface area contributed by atoms with Crippen LogP contribution >= 0.6 is 0 Å². The van der Waals surface area contributed by atoms with Crippen LogP contribution in [0.5, 0.6) is 0 Å². The summed E-state index contributed by atoms with van der Waals surface area (Å²) in [5.74, 6) is 0.716. The van der Waals surface area contributed by atoms with Crippen molar-refractivity contribution >= 4 is 0 Å². The van der Waals surface area contributed by atoms with Crippen LogP contribution in [-0.4, -0.2) is 39.0 Å². The number of hydrogen-bond donors (Lipinski definition) is 1. The Morgan fingerprint density at radius 2 is 2.11 bits per heavy atom. The van der Waals surface area contributed by atoms with Crippen LogP contribution in [-0.2, 0) is 9.47 Å². The fraction of sp³-hybridized carbons (Fsp3) is 0.867. The maximum absolute atomic E-state index is 6.09. The zero-order valence-corrected chi connectivity index (χ0v) is 11.8. The third-order valence-electron chi connectivity index (χ3n) is 4.40. The fourth-order valence-corrected chi connectivity index (χ4v) is 3.12. The number of nitrogens with one attached hydrogen (secondary N) is 1. The van der Waals surface area contributed by atoms with E-state index in [1.165, 1.54) is 12.8 Å². The van der Waals surface area contributed by atoms with Crippen molar-refractivity contribution in [3.05, 3.63) is 11.6 Å². The van der Waals surface area contributed by atoms with Gasteiger partial charge in [-0.2, -0.15) is 0 Å². The highest BCUT2D eigenvalue weighted by molar-refractivity contribution is 5.07. The van der Waals surface area contributed by atoms with Gasteiger partial charge in [0.15, 0.2) is 0 Å². The summed E-state index contributed by atoms with van der Waals surface area (Å²) in [7, 11) is 2.01. The van der Waals surface area contributed by atoms with Crippen molar-refractivity contribution in [1.29, 1.82) is 0 Å². The fourth-order valence-electron chi connectivity index (χ4n) is 3.12. The molecule has 0 aromatic rings. The van der Waals surface area contributed by atoms with Gasteiger partial charge in [0.2, 0.25) is 0 Å². The average molecular weight is 253 g/mol. The van der Waals surface area contributed by atoms with E-state index in [9.17, 15) is 0 Å². The summed E-state index contributed by atoms with van der Waals surface area (Å²) in [5, 5.41) is 3.20. The van der Waals surface area contributed by atoms with Gasteiger partial charge >= 0.3 is 0 Å². The molecule has 2 fully saturated rings. The van der Waals surface area contributed by atoms with E-state index in [-0.39, 0.29) is 5.60 Å². The van der Waals surface area contributed by atoms with Crippen LogP contribution in [0.15, 0.2) is 11.6 Å². The van der Waals surface area contributed by atoms with Crippen molar-refractivity contribution in [3.8, 4) is 0 Å². The molecule has 0 saturated carbocycles. The first-order chi connectivity index (χ1) is 8.76. The van der Waals surface area contributed by atoms with Gasteiger partial charge in [-0.1, -0.05) is 11.6 Å². The minimum Gasteiger partial charge on any atom is -0.381 e. The number of ether oxygens (including phenoxy) is 2. The Morgan fingerprint density at radius 1 is 1.33 bits per heavy atom. The molecular weight excluding hydrogens is 226 g/mol. The summed E-state index contributed by atoms with van der Waals surface area (Å²) in [6.07, 6.45) is 8.07. The molecule has 2 rings (SSSR count). The number of rotatable bonds is 4. The molecule has 3 nitrogen and oxygen atoms in total. The van der Waals surface area contributed by atoms with E-state index in [0.29, 0.717) is 5.92 Å². The van der Waals surface area contributed by atoms with Crippen LogP contribution < -0.4 is 5.32 Å². The molecule has 1 atom stereocenters. The van der Waals surface area contributed by atoms with E-state index in [0.717, 1.165) is 45.6 Å². The molecule has 1 unspecified atom stereocenters. The van der Waals surface area contributed by atoms with Gasteiger partial charge in [-0.25, -0.2) is 0 Å². The van der Waals surface area contributed by atoms with Crippen LogP contribution in [0.1, 0.15) is 39.0 Å². The molecule has 18 heavy (non-hydrogen) atoms. The molecule has 1 N–H and O–H groups in total. The number of allylic oxidation sites excluding steroid dienone is 1. The summed E-state index contributed by atoms with van der Waals surface area (Å²) in [4.78, 5) is 0. The van der Waals surface area contributed by atoms with Crippen LogP contribution in [0.25, 0.3) is 0 Å². The van der Waals surface area contributed by atoms with E-state index in [2.05, 4.69) is 18.3 Å².